The van der Waals surface area contributed by atoms with Crippen LogP contribution in [-0.2, 0) is 28.6 Å². The van der Waals surface area contributed by atoms with Crippen LogP contribution in [0.5, 0.6) is 0 Å². The summed E-state index contributed by atoms with van der Waals surface area (Å²) in [7, 11) is 0. The van der Waals surface area contributed by atoms with E-state index in [1.807, 2.05) is 0 Å². The normalized spacial score (nSPS) is 12.8. The number of allylic oxidation sites excluding steroid dienone is 18. The van der Waals surface area contributed by atoms with E-state index in [2.05, 4.69) is 130 Å². The maximum absolute atomic E-state index is 12.9. The van der Waals surface area contributed by atoms with Gasteiger partial charge in [0.05, 0.1) is 0 Å². The first-order chi connectivity index (χ1) is 40.0. The summed E-state index contributed by atoms with van der Waals surface area (Å²) >= 11 is 0. The molecule has 0 aromatic rings. The zero-order valence-corrected chi connectivity index (χ0v) is 53.3. The van der Waals surface area contributed by atoms with Gasteiger partial charge in [0.1, 0.15) is 13.2 Å². The van der Waals surface area contributed by atoms with Crippen LogP contribution in [-0.4, -0.2) is 37.2 Å². The molecule has 0 aliphatic rings. The van der Waals surface area contributed by atoms with E-state index in [1.165, 1.54) is 173 Å². The number of carbonyl (C=O) groups is 3. The zero-order chi connectivity index (χ0) is 58.5. The van der Waals surface area contributed by atoms with Crippen LogP contribution in [0, 0.1) is 0 Å². The molecule has 0 aliphatic heterocycles. The summed E-state index contributed by atoms with van der Waals surface area (Å²) in [5.41, 5.74) is 0. The fourth-order valence-corrected chi connectivity index (χ4v) is 9.59. The standard InChI is InChI=1S/C75H128O6/c1-4-7-10-13-16-19-22-25-28-31-34-35-36-37-38-39-40-41-42-45-47-50-53-56-59-62-65-68-74(77)80-71-72(81-75(78)69-66-63-60-57-54-51-48-44-33-30-27-24-21-18-15-12-9-6-3)70-79-73(76)67-64-61-58-55-52-49-46-43-32-29-26-23-20-17-14-11-8-5-2/h7,10,16,19-21,23-25,28-30,32-35,37-38,72H,4-6,8-9,11-15,17-18,22,26-27,31,36,39-71H2,1-3H3/b10-7-,19-16-,23-20-,24-21-,28-25-,32-29-,33-30-,35-34-,38-37-. The molecule has 0 saturated heterocycles. The van der Waals surface area contributed by atoms with Gasteiger partial charge in [-0.15, -0.1) is 0 Å². The van der Waals surface area contributed by atoms with Gasteiger partial charge in [-0.3, -0.25) is 14.4 Å². The van der Waals surface area contributed by atoms with E-state index >= 15 is 0 Å². The largest absolute Gasteiger partial charge is 0.462 e. The van der Waals surface area contributed by atoms with Crippen LogP contribution in [0.15, 0.2) is 109 Å². The van der Waals surface area contributed by atoms with Crippen molar-refractivity contribution in [2.24, 2.45) is 0 Å². The molecule has 0 aliphatic carbocycles. The molecule has 6 heteroatoms. The Kier molecular flexibility index (Phi) is 65.2. The van der Waals surface area contributed by atoms with Gasteiger partial charge >= 0.3 is 17.9 Å². The predicted octanol–water partition coefficient (Wildman–Crippen LogP) is 23.8. The molecule has 81 heavy (non-hydrogen) atoms. The van der Waals surface area contributed by atoms with Crippen LogP contribution >= 0.6 is 0 Å². The van der Waals surface area contributed by atoms with Gasteiger partial charge < -0.3 is 14.2 Å². The molecule has 0 aromatic heterocycles. The van der Waals surface area contributed by atoms with E-state index < -0.39 is 6.10 Å². The number of carbonyl (C=O) groups excluding carboxylic acids is 3. The maximum atomic E-state index is 12.9. The number of esters is 3. The van der Waals surface area contributed by atoms with Gasteiger partial charge in [-0.25, -0.2) is 0 Å². The Hall–Kier alpha value is -3.93. The molecule has 0 amide bonds. The Labute approximate surface area is 501 Å². The van der Waals surface area contributed by atoms with Crippen LogP contribution in [0.3, 0.4) is 0 Å². The molecule has 0 spiro atoms. The summed E-state index contributed by atoms with van der Waals surface area (Å²) in [6.07, 6.45) is 93.8. The van der Waals surface area contributed by atoms with Crippen molar-refractivity contribution < 1.29 is 28.6 Å². The maximum Gasteiger partial charge on any atom is 0.306 e. The first-order valence-corrected chi connectivity index (χ1v) is 34.4. The van der Waals surface area contributed by atoms with Crippen LogP contribution in [0.1, 0.15) is 329 Å². The van der Waals surface area contributed by atoms with Crippen LogP contribution in [0.25, 0.3) is 0 Å². The minimum absolute atomic E-state index is 0.0850. The average Bonchev–Trinajstić information content (AvgIpc) is 3.47. The van der Waals surface area contributed by atoms with Crippen molar-refractivity contribution in [1.29, 1.82) is 0 Å². The number of ether oxygens (including phenoxy) is 3. The summed E-state index contributed by atoms with van der Waals surface area (Å²) in [6, 6.07) is 0. The van der Waals surface area contributed by atoms with Gasteiger partial charge in [0.2, 0.25) is 0 Å². The first-order valence-electron chi connectivity index (χ1n) is 34.4. The van der Waals surface area contributed by atoms with E-state index in [-0.39, 0.29) is 31.1 Å². The highest BCUT2D eigenvalue weighted by Gasteiger charge is 2.19. The quantitative estimate of drug-likeness (QED) is 0.0261. The van der Waals surface area contributed by atoms with Crippen molar-refractivity contribution in [3.63, 3.8) is 0 Å². The van der Waals surface area contributed by atoms with Crippen LogP contribution in [0.2, 0.25) is 0 Å². The molecule has 0 rings (SSSR count). The first kappa shape index (κ1) is 77.1. The smallest absolute Gasteiger partial charge is 0.306 e. The number of hydrogen-bond acceptors (Lipinski definition) is 6. The van der Waals surface area contributed by atoms with Crippen molar-refractivity contribution in [2.75, 3.05) is 13.2 Å². The summed E-state index contributed by atoms with van der Waals surface area (Å²) in [6.45, 7) is 6.51. The Bertz CT molecular complexity index is 1620. The second-order valence-electron chi connectivity index (χ2n) is 22.7. The van der Waals surface area contributed by atoms with Crippen LogP contribution < -0.4 is 0 Å². The summed E-state index contributed by atoms with van der Waals surface area (Å²) < 4.78 is 17.0. The predicted molar refractivity (Wildman–Crippen MR) is 353 cm³/mol. The molecular formula is C75H128O6. The second-order valence-corrected chi connectivity index (χ2v) is 22.7. The average molecular weight is 1130 g/mol. The van der Waals surface area contributed by atoms with Crippen LogP contribution in [0.4, 0.5) is 0 Å². The second kappa shape index (κ2) is 68.6. The highest BCUT2D eigenvalue weighted by Crippen LogP contribution is 2.16. The van der Waals surface area contributed by atoms with Crippen molar-refractivity contribution in [3.05, 3.63) is 109 Å². The SMILES string of the molecule is CC/C=C\C/C=C\C/C=C\C/C=C\C/C=C\CCCCCCCCCCCCCC(=O)OCC(COC(=O)CCCCCCCCC/C=C\C/C=C\CCCCCC)OC(=O)CCCCCCCCC/C=C\C/C=C\CCCCCC. The minimum atomic E-state index is -0.790. The third-order valence-electron chi connectivity index (χ3n) is 14.7. The molecule has 1 atom stereocenters. The van der Waals surface area contributed by atoms with Gasteiger partial charge in [0, 0.05) is 19.3 Å². The lowest BCUT2D eigenvalue weighted by Crippen LogP contribution is -2.30. The number of unbranched alkanes of at least 4 members (excludes halogenated alkanes) is 33. The van der Waals surface area contributed by atoms with Gasteiger partial charge in [-0.2, -0.15) is 0 Å². The molecule has 464 valence electrons. The zero-order valence-electron chi connectivity index (χ0n) is 53.3. The van der Waals surface area contributed by atoms with E-state index in [4.69, 9.17) is 14.2 Å². The molecule has 0 heterocycles. The summed E-state index contributed by atoms with van der Waals surface area (Å²) in [5.74, 6) is -0.891. The van der Waals surface area contributed by atoms with E-state index in [1.54, 1.807) is 0 Å². The molecular weight excluding hydrogens is 997 g/mol. The Balaban J connectivity index is 4.37. The van der Waals surface area contributed by atoms with Gasteiger partial charge in [0.25, 0.3) is 0 Å². The lowest BCUT2D eigenvalue weighted by Gasteiger charge is -2.18. The topological polar surface area (TPSA) is 78.9 Å². The summed E-state index contributed by atoms with van der Waals surface area (Å²) in [5, 5.41) is 0. The highest BCUT2D eigenvalue weighted by atomic mass is 16.6. The van der Waals surface area contributed by atoms with Crippen molar-refractivity contribution in [2.45, 2.75) is 335 Å². The van der Waals surface area contributed by atoms with Crippen molar-refractivity contribution in [3.8, 4) is 0 Å². The van der Waals surface area contributed by atoms with E-state index in [0.717, 1.165) is 116 Å². The van der Waals surface area contributed by atoms with Gasteiger partial charge in [0.15, 0.2) is 6.10 Å². The third kappa shape index (κ3) is 66.8. The molecule has 0 fully saturated rings. The summed E-state index contributed by atoms with van der Waals surface area (Å²) in [4.78, 5) is 38.5. The van der Waals surface area contributed by atoms with E-state index in [9.17, 15) is 14.4 Å². The Morgan fingerprint density at radius 2 is 0.481 bits per heavy atom. The third-order valence-corrected chi connectivity index (χ3v) is 14.7. The molecule has 0 bridgehead atoms. The van der Waals surface area contributed by atoms with Gasteiger partial charge in [-0.05, 0) is 128 Å². The fraction of sp³-hybridized carbons (Fsp3) is 0.720. The van der Waals surface area contributed by atoms with Crippen molar-refractivity contribution >= 4 is 17.9 Å². The minimum Gasteiger partial charge on any atom is -0.462 e. The molecule has 0 aromatic carbocycles. The number of rotatable bonds is 62. The lowest BCUT2D eigenvalue weighted by atomic mass is 10.0. The molecule has 0 saturated carbocycles. The molecule has 1 unspecified atom stereocenters. The Morgan fingerprint density at radius 3 is 0.753 bits per heavy atom. The molecule has 0 radical (unpaired) electrons. The van der Waals surface area contributed by atoms with Gasteiger partial charge in [-0.1, -0.05) is 291 Å². The van der Waals surface area contributed by atoms with Crippen molar-refractivity contribution in [1.82, 2.24) is 0 Å². The Morgan fingerprint density at radius 1 is 0.259 bits per heavy atom. The van der Waals surface area contributed by atoms with E-state index in [0.29, 0.717) is 19.3 Å². The monoisotopic (exact) mass is 1120 g/mol. The molecule has 0 N–H and O–H groups in total. The number of hydrogen-bond donors (Lipinski definition) is 0. The lowest BCUT2D eigenvalue weighted by molar-refractivity contribution is -0.167. The fourth-order valence-electron chi connectivity index (χ4n) is 9.59. The highest BCUT2D eigenvalue weighted by molar-refractivity contribution is 5.71. The molecule has 6 nitrogen and oxygen atoms in total.